The molecule has 3 rings (SSSR count). The Kier molecular flexibility index (Phi) is 3.73. The number of hydrogen-bond acceptors (Lipinski definition) is 2. The van der Waals surface area contributed by atoms with Gasteiger partial charge in [-0.05, 0) is 36.6 Å². The molecule has 0 heterocycles. The average Bonchev–Trinajstić information content (AvgIpc) is 3.26. The van der Waals surface area contributed by atoms with Crippen molar-refractivity contribution in [1.29, 1.82) is 0 Å². The zero-order chi connectivity index (χ0) is 14.9. The lowest BCUT2D eigenvalue weighted by atomic mass is 9.91. The molecule has 1 aliphatic rings. The fraction of sp³-hybridized carbons (Fsp3) is 0.278. The summed E-state index contributed by atoms with van der Waals surface area (Å²) in [6.07, 6.45) is 0.789. The molecule has 0 bridgehead atoms. The number of halogens is 1. The third-order valence-electron chi connectivity index (χ3n) is 4.16. The maximum atomic E-state index is 12.5. The summed E-state index contributed by atoms with van der Waals surface area (Å²) in [5.41, 5.74) is 1.63. The second-order valence-corrected chi connectivity index (χ2v) is 5.80. The van der Waals surface area contributed by atoms with E-state index in [0.717, 1.165) is 17.5 Å². The molecule has 2 aromatic carbocycles. The molecular weight excluding hydrogens is 284 g/mol. The third kappa shape index (κ3) is 2.44. The van der Waals surface area contributed by atoms with Gasteiger partial charge < -0.3 is 4.74 Å². The van der Waals surface area contributed by atoms with Gasteiger partial charge in [-0.25, -0.2) is 0 Å². The van der Waals surface area contributed by atoms with Crippen LogP contribution in [-0.4, -0.2) is 12.6 Å². The second-order valence-electron chi connectivity index (χ2n) is 5.37. The van der Waals surface area contributed by atoms with Crippen molar-refractivity contribution < 1.29 is 9.53 Å². The lowest BCUT2D eigenvalue weighted by molar-refractivity contribution is -0.146. The summed E-state index contributed by atoms with van der Waals surface area (Å²) in [6.45, 7) is 2.25. The van der Waals surface area contributed by atoms with Crippen LogP contribution < -0.4 is 0 Å². The highest BCUT2D eigenvalue weighted by Crippen LogP contribution is 2.61. The van der Waals surface area contributed by atoms with Crippen LogP contribution in [0.3, 0.4) is 0 Å². The summed E-state index contributed by atoms with van der Waals surface area (Å²) < 4.78 is 5.33. The van der Waals surface area contributed by atoms with Crippen LogP contribution in [0.15, 0.2) is 54.6 Å². The van der Waals surface area contributed by atoms with E-state index in [1.165, 1.54) is 0 Å². The Balaban J connectivity index is 1.97. The van der Waals surface area contributed by atoms with Crippen molar-refractivity contribution in [3.63, 3.8) is 0 Å². The highest BCUT2D eigenvalue weighted by atomic mass is 35.5. The van der Waals surface area contributed by atoms with E-state index in [-0.39, 0.29) is 11.9 Å². The number of rotatable bonds is 4. The SMILES string of the molecule is CCOC(=O)[C@]1(c2ccccc2)C[C@H]1c1ccc(Cl)cc1. The standard InChI is InChI=1S/C18H17ClO2/c1-2-21-17(20)18(14-6-4-3-5-7-14)12-16(18)13-8-10-15(19)11-9-13/h3-11,16H,2,12H2,1H3/t16-,18-/m0/s1. The Hall–Kier alpha value is -1.80. The van der Waals surface area contributed by atoms with Gasteiger partial charge in [0.2, 0.25) is 0 Å². The molecule has 21 heavy (non-hydrogen) atoms. The number of ether oxygens (including phenoxy) is 1. The van der Waals surface area contributed by atoms with Gasteiger partial charge in [0.25, 0.3) is 0 Å². The van der Waals surface area contributed by atoms with Gasteiger partial charge in [0.05, 0.1) is 6.61 Å². The van der Waals surface area contributed by atoms with Gasteiger partial charge in [-0.15, -0.1) is 0 Å². The molecule has 2 aromatic rings. The van der Waals surface area contributed by atoms with Crippen LogP contribution in [0.4, 0.5) is 0 Å². The normalized spacial score (nSPS) is 23.6. The first kappa shape index (κ1) is 14.2. The van der Waals surface area contributed by atoms with E-state index in [1.807, 2.05) is 61.5 Å². The van der Waals surface area contributed by atoms with E-state index < -0.39 is 5.41 Å². The fourth-order valence-corrected chi connectivity index (χ4v) is 3.14. The Morgan fingerprint density at radius 3 is 2.48 bits per heavy atom. The molecular formula is C18H17ClO2. The number of benzene rings is 2. The molecule has 0 radical (unpaired) electrons. The monoisotopic (exact) mass is 300 g/mol. The van der Waals surface area contributed by atoms with Crippen LogP contribution in [0.2, 0.25) is 5.02 Å². The maximum Gasteiger partial charge on any atom is 0.317 e. The van der Waals surface area contributed by atoms with Crippen LogP contribution in [0, 0.1) is 0 Å². The van der Waals surface area contributed by atoms with E-state index in [9.17, 15) is 4.79 Å². The zero-order valence-electron chi connectivity index (χ0n) is 11.9. The summed E-state index contributed by atoms with van der Waals surface area (Å²) in [4.78, 5) is 12.5. The van der Waals surface area contributed by atoms with E-state index in [2.05, 4.69) is 0 Å². The van der Waals surface area contributed by atoms with Crippen molar-refractivity contribution in [3.8, 4) is 0 Å². The van der Waals surface area contributed by atoms with Crippen LogP contribution in [0.1, 0.15) is 30.4 Å². The first-order chi connectivity index (χ1) is 10.2. The van der Waals surface area contributed by atoms with Crippen LogP contribution >= 0.6 is 11.6 Å². The van der Waals surface area contributed by atoms with Crippen LogP contribution in [-0.2, 0) is 14.9 Å². The minimum Gasteiger partial charge on any atom is -0.465 e. The van der Waals surface area contributed by atoms with Gasteiger partial charge in [0.1, 0.15) is 5.41 Å². The first-order valence-electron chi connectivity index (χ1n) is 7.16. The maximum absolute atomic E-state index is 12.5. The van der Waals surface area contributed by atoms with Crippen LogP contribution in [0.5, 0.6) is 0 Å². The molecule has 0 aromatic heterocycles. The Morgan fingerprint density at radius 1 is 1.19 bits per heavy atom. The number of esters is 1. The number of hydrogen-bond donors (Lipinski definition) is 0. The van der Waals surface area contributed by atoms with Crippen LogP contribution in [0.25, 0.3) is 0 Å². The molecule has 0 N–H and O–H groups in total. The Labute approximate surface area is 129 Å². The van der Waals surface area contributed by atoms with E-state index in [4.69, 9.17) is 16.3 Å². The van der Waals surface area contributed by atoms with Gasteiger partial charge in [0.15, 0.2) is 0 Å². The summed E-state index contributed by atoms with van der Waals surface area (Å²) in [5, 5.41) is 0.709. The van der Waals surface area contributed by atoms with Crippen molar-refractivity contribution in [2.24, 2.45) is 0 Å². The highest BCUT2D eigenvalue weighted by molar-refractivity contribution is 6.30. The first-order valence-corrected chi connectivity index (χ1v) is 7.54. The predicted octanol–water partition coefficient (Wildman–Crippen LogP) is 4.33. The smallest absolute Gasteiger partial charge is 0.317 e. The van der Waals surface area contributed by atoms with Crippen molar-refractivity contribution in [2.75, 3.05) is 6.61 Å². The van der Waals surface area contributed by atoms with Gasteiger partial charge in [-0.1, -0.05) is 54.1 Å². The number of carbonyl (C=O) groups excluding carboxylic acids is 1. The largest absolute Gasteiger partial charge is 0.465 e. The molecule has 0 spiro atoms. The Morgan fingerprint density at radius 2 is 1.86 bits per heavy atom. The average molecular weight is 301 g/mol. The molecule has 108 valence electrons. The second kappa shape index (κ2) is 5.53. The molecule has 3 heteroatoms. The molecule has 1 saturated carbocycles. The fourth-order valence-electron chi connectivity index (χ4n) is 3.02. The molecule has 0 saturated heterocycles. The van der Waals surface area contributed by atoms with Crippen molar-refractivity contribution in [3.05, 3.63) is 70.7 Å². The summed E-state index contributed by atoms with van der Waals surface area (Å²) in [7, 11) is 0. The van der Waals surface area contributed by atoms with E-state index in [0.29, 0.717) is 11.6 Å². The third-order valence-corrected chi connectivity index (χ3v) is 4.41. The molecule has 2 atom stereocenters. The van der Waals surface area contributed by atoms with Gasteiger partial charge in [-0.2, -0.15) is 0 Å². The topological polar surface area (TPSA) is 26.3 Å². The number of carbonyl (C=O) groups is 1. The summed E-state index contributed by atoms with van der Waals surface area (Å²) >= 11 is 5.95. The molecule has 0 amide bonds. The zero-order valence-corrected chi connectivity index (χ0v) is 12.6. The molecule has 1 aliphatic carbocycles. The minimum absolute atomic E-state index is 0.129. The molecule has 1 fully saturated rings. The summed E-state index contributed by atoms with van der Waals surface area (Å²) in [5.74, 6) is 0.0346. The van der Waals surface area contributed by atoms with Crippen molar-refractivity contribution in [2.45, 2.75) is 24.7 Å². The van der Waals surface area contributed by atoms with Gasteiger partial charge in [-0.3, -0.25) is 4.79 Å². The van der Waals surface area contributed by atoms with Crippen molar-refractivity contribution >= 4 is 17.6 Å². The van der Waals surface area contributed by atoms with Crippen molar-refractivity contribution in [1.82, 2.24) is 0 Å². The molecule has 2 nitrogen and oxygen atoms in total. The van der Waals surface area contributed by atoms with Gasteiger partial charge in [0, 0.05) is 10.9 Å². The minimum atomic E-state index is -0.537. The lowest BCUT2D eigenvalue weighted by Crippen LogP contribution is -2.25. The predicted molar refractivity (Wildman–Crippen MR) is 83.6 cm³/mol. The Bertz CT molecular complexity index is 636. The summed E-state index contributed by atoms with van der Waals surface area (Å²) in [6, 6.07) is 17.6. The van der Waals surface area contributed by atoms with E-state index >= 15 is 0 Å². The quantitative estimate of drug-likeness (QED) is 0.786. The highest BCUT2D eigenvalue weighted by Gasteiger charge is 2.62. The lowest BCUT2D eigenvalue weighted by Gasteiger charge is -2.16. The van der Waals surface area contributed by atoms with E-state index in [1.54, 1.807) is 0 Å². The molecule has 0 unspecified atom stereocenters. The van der Waals surface area contributed by atoms with Gasteiger partial charge >= 0.3 is 5.97 Å². The molecule has 0 aliphatic heterocycles.